The molecule has 0 unspecified atom stereocenters. The molecule has 0 aliphatic carbocycles. The highest BCUT2D eigenvalue weighted by molar-refractivity contribution is 5.68. The fourth-order valence-corrected chi connectivity index (χ4v) is 1.80. The third-order valence-corrected chi connectivity index (χ3v) is 2.90. The molecule has 0 saturated heterocycles. The number of carboxylic acid groups (broad SMARTS) is 1. The number of ether oxygens (including phenoxy) is 1. The summed E-state index contributed by atoms with van der Waals surface area (Å²) in [5.41, 5.74) is 2.05. The summed E-state index contributed by atoms with van der Waals surface area (Å²) < 4.78 is 5.38. The number of nitrogens with zero attached hydrogens (tertiary/aromatic N) is 1. The topological polar surface area (TPSA) is 61.8 Å². The van der Waals surface area contributed by atoms with E-state index in [0.717, 1.165) is 30.1 Å². The molecule has 0 bridgehead atoms. The van der Waals surface area contributed by atoms with Gasteiger partial charge in [-0.15, -0.1) is 0 Å². The third-order valence-electron chi connectivity index (χ3n) is 2.90. The number of carbonyl (C=O) groups is 1. The SMILES string of the molecule is CCNCc1ccc(N(C)CCC(=O)O)c(OC)c1. The highest BCUT2D eigenvalue weighted by Gasteiger charge is 2.10. The predicted molar refractivity (Wildman–Crippen MR) is 75.9 cm³/mol. The van der Waals surface area contributed by atoms with Gasteiger partial charge in [0.25, 0.3) is 0 Å². The van der Waals surface area contributed by atoms with Gasteiger partial charge in [-0.1, -0.05) is 13.0 Å². The van der Waals surface area contributed by atoms with Crippen molar-refractivity contribution in [1.29, 1.82) is 0 Å². The van der Waals surface area contributed by atoms with E-state index >= 15 is 0 Å². The first-order chi connectivity index (χ1) is 9.08. The Kier molecular flexibility index (Phi) is 6.15. The summed E-state index contributed by atoms with van der Waals surface area (Å²) >= 11 is 0. The van der Waals surface area contributed by atoms with E-state index < -0.39 is 5.97 Å². The molecule has 5 heteroatoms. The Balaban J connectivity index is 2.79. The molecule has 0 spiro atoms. The number of aliphatic carboxylic acids is 1. The second-order valence-corrected chi connectivity index (χ2v) is 4.35. The molecule has 2 N–H and O–H groups in total. The molecule has 1 rings (SSSR count). The van der Waals surface area contributed by atoms with Crippen LogP contribution in [0.2, 0.25) is 0 Å². The molecule has 0 atom stereocenters. The van der Waals surface area contributed by atoms with Gasteiger partial charge >= 0.3 is 5.97 Å². The Morgan fingerprint density at radius 3 is 2.79 bits per heavy atom. The number of methoxy groups -OCH3 is 1. The number of benzene rings is 1. The van der Waals surface area contributed by atoms with Crippen LogP contribution in [0, 0.1) is 0 Å². The molecule has 1 aromatic rings. The first kappa shape index (κ1) is 15.3. The summed E-state index contributed by atoms with van der Waals surface area (Å²) in [5.74, 6) is -0.0297. The Bertz CT molecular complexity index is 421. The zero-order valence-corrected chi connectivity index (χ0v) is 11.8. The molecule has 0 radical (unpaired) electrons. The van der Waals surface area contributed by atoms with Gasteiger partial charge in [0, 0.05) is 20.1 Å². The van der Waals surface area contributed by atoms with Gasteiger partial charge in [-0.25, -0.2) is 0 Å². The highest BCUT2D eigenvalue weighted by Crippen LogP contribution is 2.28. The second kappa shape index (κ2) is 7.63. The molecule has 5 nitrogen and oxygen atoms in total. The zero-order valence-electron chi connectivity index (χ0n) is 11.8. The van der Waals surface area contributed by atoms with Gasteiger partial charge in [-0.2, -0.15) is 0 Å². The van der Waals surface area contributed by atoms with Crippen LogP contribution in [0.1, 0.15) is 18.9 Å². The molecular weight excluding hydrogens is 244 g/mol. The first-order valence-corrected chi connectivity index (χ1v) is 6.39. The first-order valence-electron chi connectivity index (χ1n) is 6.39. The maximum absolute atomic E-state index is 10.6. The smallest absolute Gasteiger partial charge is 0.305 e. The van der Waals surface area contributed by atoms with Crippen molar-refractivity contribution in [3.05, 3.63) is 23.8 Å². The Morgan fingerprint density at radius 2 is 2.21 bits per heavy atom. The van der Waals surface area contributed by atoms with Gasteiger partial charge in [0.2, 0.25) is 0 Å². The van der Waals surface area contributed by atoms with E-state index in [0.29, 0.717) is 6.54 Å². The van der Waals surface area contributed by atoms with Crippen LogP contribution in [0.4, 0.5) is 5.69 Å². The zero-order chi connectivity index (χ0) is 14.3. The van der Waals surface area contributed by atoms with Gasteiger partial charge < -0.3 is 20.1 Å². The Hall–Kier alpha value is -1.75. The summed E-state index contributed by atoms with van der Waals surface area (Å²) in [7, 11) is 3.49. The minimum Gasteiger partial charge on any atom is -0.495 e. The average molecular weight is 266 g/mol. The lowest BCUT2D eigenvalue weighted by Crippen LogP contribution is -2.21. The molecule has 0 saturated carbocycles. The van der Waals surface area contributed by atoms with E-state index in [4.69, 9.17) is 9.84 Å². The van der Waals surface area contributed by atoms with Crippen LogP contribution < -0.4 is 15.0 Å². The normalized spacial score (nSPS) is 10.3. The maximum atomic E-state index is 10.6. The molecule has 19 heavy (non-hydrogen) atoms. The summed E-state index contributed by atoms with van der Waals surface area (Å²) in [6, 6.07) is 5.97. The van der Waals surface area contributed by atoms with E-state index in [9.17, 15) is 4.79 Å². The largest absolute Gasteiger partial charge is 0.495 e. The van der Waals surface area contributed by atoms with Crippen LogP contribution in [-0.4, -0.2) is 38.3 Å². The van der Waals surface area contributed by atoms with Crippen molar-refractivity contribution >= 4 is 11.7 Å². The average Bonchev–Trinajstić information content (AvgIpc) is 2.42. The lowest BCUT2D eigenvalue weighted by atomic mass is 10.1. The van der Waals surface area contributed by atoms with Gasteiger partial charge in [-0.05, 0) is 24.2 Å². The number of hydrogen-bond donors (Lipinski definition) is 2. The second-order valence-electron chi connectivity index (χ2n) is 4.35. The molecule has 0 amide bonds. The molecular formula is C14H22N2O3. The summed E-state index contributed by atoms with van der Waals surface area (Å²) in [5, 5.41) is 12.0. The lowest BCUT2D eigenvalue weighted by molar-refractivity contribution is -0.136. The molecule has 0 heterocycles. The monoisotopic (exact) mass is 266 g/mol. The maximum Gasteiger partial charge on any atom is 0.305 e. The van der Waals surface area contributed by atoms with E-state index in [-0.39, 0.29) is 6.42 Å². The number of anilines is 1. The van der Waals surface area contributed by atoms with Crippen molar-refractivity contribution in [3.8, 4) is 5.75 Å². The van der Waals surface area contributed by atoms with Crippen LogP contribution in [-0.2, 0) is 11.3 Å². The van der Waals surface area contributed by atoms with Crippen LogP contribution in [0.25, 0.3) is 0 Å². The van der Waals surface area contributed by atoms with E-state index in [2.05, 4.69) is 12.2 Å². The summed E-state index contributed by atoms with van der Waals surface area (Å²) in [4.78, 5) is 12.5. The molecule has 1 aromatic carbocycles. The number of rotatable bonds is 8. The highest BCUT2D eigenvalue weighted by atomic mass is 16.5. The Morgan fingerprint density at radius 1 is 1.47 bits per heavy atom. The number of carboxylic acids is 1. The van der Waals surface area contributed by atoms with E-state index in [1.165, 1.54) is 0 Å². The predicted octanol–water partition coefficient (Wildman–Crippen LogP) is 1.72. The van der Waals surface area contributed by atoms with Gasteiger partial charge in [0.15, 0.2) is 0 Å². The van der Waals surface area contributed by atoms with Crippen LogP contribution in [0.3, 0.4) is 0 Å². The van der Waals surface area contributed by atoms with Crippen LogP contribution in [0.5, 0.6) is 5.75 Å². The van der Waals surface area contributed by atoms with Crippen molar-refractivity contribution < 1.29 is 14.6 Å². The Labute approximate surface area is 114 Å². The van der Waals surface area contributed by atoms with Crippen molar-refractivity contribution in [2.75, 3.05) is 32.1 Å². The van der Waals surface area contributed by atoms with E-state index in [1.807, 2.05) is 30.1 Å². The fraction of sp³-hybridized carbons (Fsp3) is 0.500. The van der Waals surface area contributed by atoms with Crippen molar-refractivity contribution in [1.82, 2.24) is 5.32 Å². The van der Waals surface area contributed by atoms with Crippen molar-refractivity contribution in [3.63, 3.8) is 0 Å². The molecule has 0 fully saturated rings. The van der Waals surface area contributed by atoms with Gasteiger partial charge in [-0.3, -0.25) is 4.79 Å². The van der Waals surface area contributed by atoms with Crippen molar-refractivity contribution in [2.45, 2.75) is 19.9 Å². The minimum absolute atomic E-state index is 0.110. The quantitative estimate of drug-likeness (QED) is 0.750. The molecule has 106 valence electrons. The summed E-state index contributed by atoms with van der Waals surface area (Å²) in [6.07, 6.45) is 0.110. The fourth-order valence-electron chi connectivity index (χ4n) is 1.80. The van der Waals surface area contributed by atoms with Crippen molar-refractivity contribution in [2.24, 2.45) is 0 Å². The van der Waals surface area contributed by atoms with Crippen LogP contribution in [0.15, 0.2) is 18.2 Å². The minimum atomic E-state index is -0.797. The molecule has 0 aliphatic heterocycles. The van der Waals surface area contributed by atoms with Crippen LogP contribution >= 0.6 is 0 Å². The summed E-state index contributed by atoms with van der Waals surface area (Å²) in [6.45, 7) is 4.23. The number of nitrogens with one attached hydrogen (secondary N) is 1. The third kappa shape index (κ3) is 4.79. The molecule has 0 aliphatic rings. The number of hydrogen-bond acceptors (Lipinski definition) is 4. The standard InChI is InChI=1S/C14H22N2O3/c1-4-15-10-11-5-6-12(13(9-11)19-3)16(2)8-7-14(17)18/h5-6,9,15H,4,7-8,10H2,1-3H3,(H,17,18). The van der Waals surface area contributed by atoms with Gasteiger partial charge in [0.05, 0.1) is 19.2 Å². The van der Waals surface area contributed by atoms with E-state index in [1.54, 1.807) is 7.11 Å². The molecule has 0 aromatic heterocycles. The lowest BCUT2D eigenvalue weighted by Gasteiger charge is -2.21. The van der Waals surface area contributed by atoms with Gasteiger partial charge in [0.1, 0.15) is 5.75 Å².